The monoisotopic (exact) mass is 282 g/mol. The summed E-state index contributed by atoms with van der Waals surface area (Å²) in [6.45, 7) is 2.72. The largest absolute Gasteiger partial charge is 0.352 e. The van der Waals surface area contributed by atoms with Crippen LogP contribution in [0.15, 0.2) is 18.2 Å². The van der Waals surface area contributed by atoms with Gasteiger partial charge in [-0.15, -0.1) is 0 Å². The van der Waals surface area contributed by atoms with Gasteiger partial charge in [0, 0.05) is 31.6 Å². The highest BCUT2D eigenvalue weighted by atomic mass is 19.2. The summed E-state index contributed by atoms with van der Waals surface area (Å²) in [6.07, 6.45) is 0.172. The van der Waals surface area contributed by atoms with Crippen molar-refractivity contribution in [1.82, 2.24) is 10.2 Å². The summed E-state index contributed by atoms with van der Waals surface area (Å²) in [5.74, 6) is -2.67. The number of benzene rings is 1. The lowest BCUT2D eigenvalue weighted by Crippen LogP contribution is -2.32. The van der Waals surface area contributed by atoms with Crippen LogP contribution in [0.3, 0.4) is 0 Å². The molecule has 0 spiro atoms. The second kappa shape index (κ2) is 5.98. The van der Waals surface area contributed by atoms with Crippen LogP contribution in [0.4, 0.5) is 8.78 Å². The molecule has 0 aromatic heterocycles. The van der Waals surface area contributed by atoms with E-state index in [1.54, 1.807) is 4.90 Å². The van der Waals surface area contributed by atoms with E-state index in [-0.39, 0.29) is 30.3 Å². The molecule has 1 aromatic rings. The molecule has 2 rings (SSSR count). The number of hydrogen-bond donors (Lipinski definition) is 1. The molecule has 1 aromatic carbocycles. The summed E-state index contributed by atoms with van der Waals surface area (Å²) < 4.78 is 26.4. The van der Waals surface area contributed by atoms with Gasteiger partial charge in [-0.05, 0) is 13.0 Å². The van der Waals surface area contributed by atoms with Crippen LogP contribution in [0.5, 0.6) is 0 Å². The summed E-state index contributed by atoms with van der Waals surface area (Å²) in [4.78, 5) is 25.0. The Morgan fingerprint density at radius 3 is 2.85 bits per heavy atom. The molecule has 1 fully saturated rings. The fourth-order valence-corrected chi connectivity index (χ4v) is 2.27. The average Bonchev–Trinajstić information content (AvgIpc) is 2.81. The zero-order chi connectivity index (χ0) is 14.7. The molecule has 1 heterocycles. The topological polar surface area (TPSA) is 49.4 Å². The second-order valence-corrected chi connectivity index (χ2v) is 4.76. The van der Waals surface area contributed by atoms with Gasteiger partial charge in [-0.3, -0.25) is 9.59 Å². The van der Waals surface area contributed by atoms with Crippen LogP contribution in [0, 0.1) is 17.6 Å². The van der Waals surface area contributed by atoms with E-state index in [0.717, 1.165) is 6.07 Å². The molecule has 0 bridgehead atoms. The second-order valence-electron chi connectivity index (χ2n) is 4.76. The van der Waals surface area contributed by atoms with Gasteiger partial charge in [0.15, 0.2) is 11.6 Å². The van der Waals surface area contributed by atoms with Crippen molar-refractivity contribution in [2.75, 3.05) is 13.1 Å². The number of nitrogens with one attached hydrogen (secondary N) is 1. The Kier molecular flexibility index (Phi) is 4.32. The van der Waals surface area contributed by atoms with Crippen LogP contribution in [0.25, 0.3) is 0 Å². The van der Waals surface area contributed by atoms with Crippen molar-refractivity contribution in [3.8, 4) is 0 Å². The average molecular weight is 282 g/mol. The Morgan fingerprint density at radius 1 is 1.45 bits per heavy atom. The predicted molar refractivity (Wildman–Crippen MR) is 68.6 cm³/mol. The Balaban J connectivity index is 1.93. The van der Waals surface area contributed by atoms with Crippen molar-refractivity contribution in [1.29, 1.82) is 0 Å². The van der Waals surface area contributed by atoms with Crippen molar-refractivity contribution in [3.63, 3.8) is 0 Å². The fourth-order valence-electron chi connectivity index (χ4n) is 2.27. The first-order chi connectivity index (χ1) is 9.52. The Morgan fingerprint density at radius 2 is 2.20 bits per heavy atom. The Labute approximate surface area is 115 Å². The summed E-state index contributed by atoms with van der Waals surface area (Å²) in [6, 6.07) is 3.82. The molecule has 4 nitrogen and oxygen atoms in total. The molecule has 1 atom stereocenters. The number of halogens is 2. The maximum Gasteiger partial charge on any atom is 0.225 e. The van der Waals surface area contributed by atoms with E-state index in [4.69, 9.17) is 0 Å². The van der Waals surface area contributed by atoms with E-state index in [9.17, 15) is 18.4 Å². The van der Waals surface area contributed by atoms with Crippen molar-refractivity contribution >= 4 is 11.8 Å². The molecule has 1 unspecified atom stereocenters. The van der Waals surface area contributed by atoms with E-state index >= 15 is 0 Å². The van der Waals surface area contributed by atoms with Crippen molar-refractivity contribution in [2.24, 2.45) is 5.92 Å². The number of amides is 2. The van der Waals surface area contributed by atoms with Gasteiger partial charge in [0.1, 0.15) is 0 Å². The minimum Gasteiger partial charge on any atom is -0.352 e. The Hall–Kier alpha value is -1.98. The zero-order valence-electron chi connectivity index (χ0n) is 11.2. The third-order valence-electron chi connectivity index (χ3n) is 3.45. The molecule has 0 aliphatic carbocycles. The minimum absolute atomic E-state index is 0.0513. The standard InChI is InChI=1S/C14H16F2N2O2/c1-2-18-8-10(6-12(18)19)14(20)17-7-9-4-3-5-11(15)13(9)16/h3-5,10H,2,6-8H2,1H3,(H,17,20). The van der Waals surface area contributed by atoms with E-state index in [1.165, 1.54) is 12.1 Å². The molecular weight excluding hydrogens is 266 g/mol. The molecule has 0 radical (unpaired) electrons. The number of carbonyl (C=O) groups is 2. The van der Waals surface area contributed by atoms with Gasteiger partial charge in [-0.25, -0.2) is 8.78 Å². The molecule has 2 amide bonds. The lowest BCUT2D eigenvalue weighted by molar-refractivity contribution is -0.128. The summed E-state index contributed by atoms with van der Waals surface area (Å²) in [7, 11) is 0. The van der Waals surface area contributed by atoms with E-state index < -0.39 is 17.6 Å². The first-order valence-electron chi connectivity index (χ1n) is 6.51. The van der Waals surface area contributed by atoms with Gasteiger partial charge in [0.2, 0.25) is 11.8 Å². The quantitative estimate of drug-likeness (QED) is 0.908. The third-order valence-corrected chi connectivity index (χ3v) is 3.45. The smallest absolute Gasteiger partial charge is 0.225 e. The molecule has 1 aliphatic heterocycles. The highest BCUT2D eigenvalue weighted by Crippen LogP contribution is 2.18. The number of hydrogen-bond acceptors (Lipinski definition) is 2. The molecule has 1 saturated heterocycles. The number of likely N-dealkylation sites (tertiary alicyclic amines) is 1. The molecule has 1 aliphatic rings. The lowest BCUT2D eigenvalue weighted by atomic mass is 10.1. The van der Waals surface area contributed by atoms with Gasteiger partial charge >= 0.3 is 0 Å². The first-order valence-corrected chi connectivity index (χ1v) is 6.51. The zero-order valence-corrected chi connectivity index (χ0v) is 11.2. The van der Waals surface area contributed by atoms with Gasteiger partial charge in [0.25, 0.3) is 0 Å². The Bertz CT molecular complexity index is 534. The van der Waals surface area contributed by atoms with Crippen molar-refractivity contribution in [2.45, 2.75) is 19.9 Å². The maximum atomic E-state index is 13.4. The fraction of sp³-hybridized carbons (Fsp3) is 0.429. The van der Waals surface area contributed by atoms with E-state index in [0.29, 0.717) is 13.1 Å². The number of rotatable bonds is 4. The third kappa shape index (κ3) is 2.95. The summed E-state index contributed by atoms with van der Waals surface area (Å²) in [5, 5.41) is 2.55. The highest BCUT2D eigenvalue weighted by Gasteiger charge is 2.33. The predicted octanol–water partition coefficient (Wildman–Crippen LogP) is 1.45. The van der Waals surface area contributed by atoms with Crippen LogP contribution < -0.4 is 5.32 Å². The van der Waals surface area contributed by atoms with Gasteiger partial charge < -0.3 is 10.2 Å². The van der Waals surface area contributed by atoms with Crippen molar-refractivity contribution < 1.29 is 18.4 Å². The molecule has 0 saturated carbocycles. The SMILES string of the molecule is CCN1CC(C(=O)NCc2cccc(F)c2F)CC1=O. The van der Waals surface area contributed by atoms with Crippen LogP contribution in [0.1, 0.15) is 18.9 Å². The first kappa shape index (κ1) is 14.4. The molecular formula is C14H16F2N2O2. The number of nitrogens with zero attached hydrogens (tertiary/aromatic N) is 1. The van der Waals surface area contributed by atoms with Crippen LogP contribution >= 0.6 is 0 Å². The van der Waals surface area contributed by atoms with Crippen molar-refractivity contribution in [3.05, 3.63) is 35.4 Å². The van der Waals surface area contributed by atoms with Crippen LogP contribution in [-0.4, -0.2) is 29.8 Å². The van der Waals surface area contributed by atoms with Gasteiger partial charge in [-0.1, -0.05) is 12.1 Å². The minimum atomic E-state index is -0.953. The van der Waals surface area contributed by atoms with E-state index in [1.807, 2.05) is 6.92 Å². The normalized spacial score (nSPS) is 18.4. The maximum absolute atomic E-state index is 13.4. The van der Waals surface area contributed by atoms with E-state index in [2.05, 4.69) is 5.32 Å². The molecule has 1 N–H and O–H groups in total. The van der Waals surface area contributed by atoms with Crippen LogP contribution in [-0.2, 0) is 16.1 Å². The van der Waals surface area contributed by atoms with Gasteiger partial charge in [-0.2, -0.15) is 0 Å². The lowest BCUT2D eigenvalue weighted by Gasteiger charge is -2.13. The number of carbonyl (C=O) groups excluding carboxylic acids is 2. The summed E-state index contributed by atoms with van der Waals surface area (Å²) >= 11 is 0. The highest BCUT2D eigenvalue weighted by molar-refractivity contribution is 5.89. The molecule has 108 valence electrons. The molecule has 20 heavy (non-hydrogen) atoms. The summed E-state index contributed by atoms with van der Waals surface area (Å²) in [5.41, 5.74) is 0.0926. The molecule has 6 heteroatoms. The van der Waals surface area contributed by atoms with Gasteiger partial charge in [0.05, 0.1) is 5.92 Å². The van der Waals surface area contributed by atoms with Crippen LogP contribution in [0.2, 0.25) is 0 Å².